The second kappa shape index (κ2) is 11.4. The minimum Gasteiger partial charge on any atom is -0.491 e. The summed E-state index contributed by atoms with van der Waals surface area (Å²) in [6.07, 6.45) is -6.09. The zero-order chi connectivity index (χ0) is 19.4. The number of nitrogens with two attached hydrogens (primary N) is 1. The normalized spacial score (nSPS) is 11.2. The number of amides is 1. The summed E-state index contributed by atoms with van der Waals surface area (Å²) in [4.78, 5) is 10.8. The Labute approximate surface area is 147 Å². The van der Waals surface area contributed by atoms with Gasteiger partial charge in [-0.2, -0.15) is 0 Å². The first-order valence-electron chi connectivity index (χ1n) is 7.45. The fraction of sp³-hybridized carbons (Fsp3) is 0.533. The highest BCUT2D eigenvalue weighted by Crippen LogP contribution is 2.31. The molecule has 26 heavy (non-hydrogen) atoms. The molecule has 8 nitrogen and oxygen atoms in total. The van der Waals surface area contributed by atoms with Gasteiger partial charge in [-0.25, -0.2) is 4.79 Å². The summed E-state index contributed by atoms with van der Waals surface area (Å²) in [6.45, 7) is 1.84. The third-order valence-corrected chi connectivity index (χ3v) is 2.61. The number of carbonyl (C=O) groups is 1. The fourth-order valence-electron chi connectivity index (χ4n) is 1.68. The van der Waals surface area contributed by atoms with Crippen LogP contribution in [-0.2, 0) is 14.2 Å². The van der Waals surface area contributed by atoms with Crippen molar-refractivity contribution < 1.29 is 46.4 Å². The van der Waals surface area contributed by atoms with Crippen LogP contribution in [-0.4, -0.2) is 59.2 Å². The maximum Gasteiger partial charge on any atom is 0.573 e. The van der Waals surface area contributed by atoms with Crippen LogP contribution in [0.3, 0.4) is 0 Å². The first kappa shape index (κ1) is 21.8. The van der Waals surface area contributed by atoms with Crippen molar-refractivity contribution >= 4 is 6.09 Å². The van der Waals surface area contributed by atoms with E-state index in [1.165, 1.54) is 6.07 Å². The second-order valence-electron chi connectivity index (χ2n) is 4.68. The van der Waals surface area contributed by atoms with Gasteiger partial charge < -0.3 is 34.2 Å². The van der Waals surface area contributed by atoms with Gasteiger partial charge >= 0.3 is 12.5 Å². The number of carbonyl (C=O) groups excluding carboxylic acids is 1. The summed E-state index contributed by atoms with van der Waals surface area (Å²) in [5.41, 5.74) is 4.85. The van der Waals surface area contributed by atoms with Crippen LogP contribution in [0.1, 0.15) is 0 Å². The van der Waals surface area contributed by atoms with E-state index in [2.05, 4.69) is 9.47 Å². The Morgan fingerprint density at radius 2 is 1.46 bits per heavy atom. The number of ether oxygens (including phenoxy) is 6. The van der Waals surface area contributed by atoms with E-state index < -0.39 is 18.2 Å². The zero-order valence-corrected chi connectivity index (χ0v) is 14.0. The molecule has 0 aliphatic rings. The Balaban J connectivity index is 2.46. The quantitative estimate of drug-likeness (QED) is 0.552. The maximum absolute atomic E-state index is 12.3. The number of hydrogen-bond acceptors (Lipinski definition) is 7. The fourth-order valence-corrected chi connectivity index (χ4v) is 1.68. The smallest absolute Gasteiger partial charge is 0.491 e. The highest BCUT2D eigenvalue weighted by Gasteiger charge is 2.31. The number of rotatable bonds is 12. The lowest BCUT2D eigenvalue weighted by molar-refractivity contribution is -0.274. The summed E-state index contributed by atoms with van der Waals surface area (Å²) in [7, 11) is 1.56. The van der Waals surface area contributed by atoms with Gasteiger partial charge in [-0.15, -0.1) is 13.2 Å². The average Bonchev–Trinajstić information content (AvgIpc) is 2.50. The molecule has 0 aliphatic carbocycles. The van der Waals surface area contributed by atoms with Gasteiger partial charge in [-0.05, 0) is 0 Å². The number of hydrogen-bond donors (Lipinski definition) is 1. The van der Waals surface area contributed by atoms with E-state index in [1.807, 2.05) is 0 Å². The van der Waals surface area contributed by atoms with Gasteiger partial charge in [0.25, 0.3) is 0 Å². The summed E-state index contributed by atoms with van der Waals surface area (Å²) in [6, 6.07) is 3.05. The molecule has 0 atom stereocenters. The van der Waals surface area contributed by atoms with Gasteiger partial charge in [0.05, 0.1) is 33.0 Å². The van der Waals surface area contributed by atoms with Crippen molar-refractivity contribution in [3.63, 3.8) is 0 Å². The van der Waals surface area contributed by atoms with E-state index >= 15 is 0 Å². The lowest BCUT2D eigenvalue weighted by Crippen LogP contribution is -2.18. The summed E-state index contributed by atoms with van der Waals surface area (Å²) < 4.78 is 65.8. The molecule has 2 N–H and O–H groups in total. The molecule has 0 bridgehead atoms. The van der Waals surface area contributed by atoms with Gasteiger partial charge in [-0.1, -0.05) is 0 Å². The molecular weight excluding hydrogens is 363 g/mol. The standard InChI is InChI=1S/C15H20F3NO7/c1-21-2-3-22-4-5-23-6-7-24-11-8-12(25-14(19)20)10-13(9-11)26-15(16,17)18/h8-10H,2-7H2,1H3,(H2,19,20). The van der Waals surface area contributed by atoms with Crippen molar-refractivity contribution in [1.82, 2.24) is 0 Å². The Morgan fingerprint density at radius 1 is 0.923 bits per heavy atom. The molecule has 0 heterocycles. The molecule has 0 aliphatic heterocycles. The van der Waals surface area contributed by atoms with Crippen molar-refractivity contribution in [1.29, 1.82) is 0 Å². The lowest BCUT2D eigenvalue weighted by Gasteiger charge is -2.13. The Hall–Kier alpha value is -2.24. The van der Waals surface area contributed by atoms with Crippen molar-refractivity contribution in [2.75, 3.05) is 46.8 Å². The predicted octanol–water partition coefficient (Wildman–Crippen LogP) is 2.10. The van der Waals surface area contributed by atoms with E-state index in [4.69, 9.17) is 24.7 Å². The highest BCUT2D eigenvalue weighted by molar-refractivity contribution is 5.68. The molecule has 0 spiro atoms. The Kier molecular flexibility index (Phi) is 9.55. The highest BCUT2D eigenvalue weighted by atomic mass is 19.4. The SMILES string of the molecule is COCCOCCOCCOc1cc(OC(N)=O)cc(OC(F)(F)F)c1. The van der Waals surface area contributed by atoms with Gasteiger partial charge in [0.1, 0.15) is 23.9 Å². The summed E-state index contributed by atoms with van der Waals surface area (Å²) in [5, 5.41) is 0. The van der Waals surface area contributed by atoms with Crippen molar-refractivity contribution in [3.05, 3.63) is 18.2 Å². The number of primary amides is 1. The summed E-state index contributed by atoms with van der Waals surface area (Å²) >= 11 is 0. The van der Waals surface area contributed by atoms with Gasteiger partial charge in [-0.3, -0.25) is 0 Å². The molecular formula is C15H20F3NO7. The van der Waals surface area contributed by atoms with Crippen LogP contribution < -0.4 is 19.9 Å². The molecule has 0 fully saturated rings. The van der Waals surface area contributed by atoms with Gasteiger partial charge in [0.15, 0.2) is 0 Å². The number of alkyl halides is 3. The van der Waals surface area contributed by atoms with Gasteiger partial charge in [0, 0.05) is 25.3 Å². The minimum absolute atomic E-state index is 0.0112. The second-order valence-corrected chi connectivity index (χ2v) is 4.68. The van der Waals surface area contributed by atoms with E-state index in [0.717, 1.165) is 12.1 Å². The molecule has 0 saturated carbocycles. The molecule has 0 radical (unpaired) electrons. The van der Waals surface area contributed by atoms with Crippen LogP contribution in [0.25, 0.3) is 0 Å². The molecule has 0 unspecified atom stereocenters. The van der Waals surface area contributed by atoms with E-state index in [-0.39, 0.29) is 24.7 Å². The Bertz CT molecular complexity index is 555. The average molecular weight is 383 g/mol. The van der Waals surface area contributed by atoms with E-state index in [0.29, 0.717) is 26.4 Å². The molecule has 1 amide bonds. The van der Waals surface area contributed by atoms with Crippen LogP contribution in [0.2, 0.25) is 0 Å². The first-order chi connectivity index (χ1) is 12.3. The van der Waals surface area contributed by atoms with Crippen LogP contribution in [0.5, 0.6) is 17.2 Å². The molecule has 148 valence electrons. The lowest BCUT2D eigenvalue weighted by atomic mass is 10.3. The molecule has 1 rings (SSSR count). The van der Waals surface area contributed by atoms with Crippen LogP contribution in [0.15, 0.2) is 18.2 Å². The molecule has 1 aromatic carbocycles. The van der Waals surface area contributed by atoms with E-state index in [9.17, 15) is 18.0 Å². The van der Waals surface area contributed by atoms with Crippen molar-refractivity contribution in [2.24, 2.45) is 5.73 Å². The van der Waals surface area contributed by atoms with Gasteiger partial charge in [0.2, 0.25) is 0 Å². The Morgan fingerprint density at radius 3 is 2.04 bits per heavy atom. The van der Waals surface area contributed by atoms with Crippen LogP contribution >= 0.6 is 0 Å². The van der Waals surface area contributed by atoms with Crippen molar-refractivity contribution in [2.45, 2.75) is 6.36 Å². The number of benzene rings is 1. The summed E-state index contributed by atoms with van der Waals surface area (Å²) in [5.74, 6) is -0.872. The third kappa shape index (κ3) is 10.6. The maximum atomic E-state index is 12.3. The third-order valence-electron chi connectivity index (χ3n) is 2.61. The first-order valence-corrected chi connectivity index (χ1v) is 7.45. The van der Waals surface area contributed by atoms with Crippen molar-refractivity contribution in [3.8, 4) is 17.2 Å². The molecule has 11 heteroatoms. The van der Waals surface area contributed by atoms with E-state index in [1.54, 1.807) is 7.11 Å². The topological polar surface area (TPSA) is 98.5 Å². The molecule has 0 aromatic heterocycles. The number of halogens is 3. The number of methoxy groups -OCH3 is 1. The van der Waals surface area contributed by atoms with Crippen LogP contribution in [0, 0.1) is 0 Å². The van der Waals surface area contributed by atoms with Crippen LogP contribution in [0.4, 0.5) is 18.0 Å². The minimum atomic E-state index is -4.91. The zero-order valence-electron chi connectivity index (χ0n) is 14.0. The molecule has 0 saturated heterocycles. The molecule has 1 aromatic rings. The predicted molar refractivity (Wildman–Crippen MR) is 82.3 cm³/mol. The monoisotopic (exact) mass is 383 g/mol. The largest absolute Gasteiger partial charge is 0.573 e.